The Morgan fingerprint density at radius 1 is 0.964 bits per heavy atom. The lowest BCUT2D eigenvalue weighted by molar-refractivity contribution is -0.121. The molecule has 5 heteroatoms. The number of carbonyl (C=O) groups excluding carboxylic acids is 1. The van der Waals surface area contributed by atoms with Crippen molar-refractivity contribution in [2.75, 3.05) is 13.1 Å². The van der Waals surface area contributed by atoms with Crippen LogP contribution in [0.5, 0.6) is 0 Å². The van der Waals surface area contributed by atoms with E-state index in [0.717, 1.165) is 43.7 Å². The van der Waals surface area contributed by atoms with Crippen LogP contribution in [0.4, 0.5) is 0 Å². The van der Waals surface area contributed by atoms with E-state index in [1.165, 1.54) is 5.56 Å². The van der Waals surface area contributed by atoms with Gasteiger partial charge in [-0.15, -0.1) is 0 Å². The van der Waals surface area contributed by atoms with Crippen LogP contribution in [0.2, 0.25) is 0 Å². The number of nitrogens with one attached hydrogen (secondary N) is 1. The van der Waals surface area contributed by atoms with Crippen molar-refractivity contribution in [1.29, 1.82) is 0 Å². The van der Waals surface area contributed by atoms with E-state index in [9.17, 15) is 4.79 Å². The summed E-state index contributed by atoms with van der Waals surface area (Å²) in [6.07, 6.45) is 6.08. The quantitative estimate of drug-likeness (QED) is 0.721. The molecular formula is C23H26N4O. The van der Waals surface area contributed by atoms with Crippen molar-refractivity contribution in [3.05, 3.63) is 84.2 Å². The van der Waals surface area contributed by atoms with Crippen LogP contribution in [0.3, 0.4) is 0 Å². The minimum absolute atomic E-state index is 0.0779. The molecule has 0 bridgehead atoms. The number of hydrogen-bond donors (Lipinski definition) is 1. The monoisotopic (exact) mass is 374 g/mol. The molecule has 1 aliphatic heterocycles. The van der Waals surface area contributed by atoms with Gasteiger partial charge in [-0.3, -0.25) is 9.69 Å². The average molecular weight is 374 g/mol. The van der Waals surface area contributed by atoms with Crippen LogP contribution in [0, 0.1) is 0 Å². The maximum atomic E-state index is 12.4. The highest BCUT2D eigenvalue weighted by Gasteiger charge is 2.21. The number of benzene rings is 2. The minimum Gasteiger partial charge on any atom is -0.353 e. The molecule has 1 amide bonds. The molecule has 3 aromatic rings. The number of carbonyl (C=O) groups is 1. The van der Waals surface area contributed by atoms with E-state index < -0.39 is 0 Å². The van der Waals surface area contributed by atoms with Gasteiger partial charge in [0, 0.05) is 31.9 Å². The van der Waals surface area contributed by atoms with Gasteiger partial charge in [-0.05, 0) is 36.1 Å². The second-order valence-electron chi connectivity index (χ2n) is 7.41. The Bertz CT molecular complexity index is 883. The van der Waals surface area contributed by atoms with Gasteiger partial charge < -0.3 is 5.32 Å². The Kier molecular flexibility index (Phi) is 5.83. The summed E-state index contributed by atoms with van der Waals surface area (Å²) in [5.41, 5.74) is 3.28. The van der Waals surface area contributed by atoms with Crippen molar-refractivity contribution in [3.8, 4) is 5.69 Å². The number of rotatable bonds is 6. The molecule has 1 aromatic heterocycles. The molecule has 2 heterocycles. The lowest BCUT2D eigenvalue weighted by Gasteiger charge is -2.32. The predicted octanol–water partition coefficient (Wildman–Crippen LogP) is 3.20. The molecule has 0 aliphatic carbocycles. The number of amides is 1. The van der Waals surface area contributed by atoms with Crippen LogP contribution in [-0.4, -0.2) is 39.7 Å². The van der Waals surface area contributed by atoms with Gasteiger partial charge in [0.1, 0.15) is 0 Å². The standard InChI is InChI=1S/C23H26N4O/c28-23(15-20-16-24-27(18-20)22-9-5-2-6-10-22)25-21-11-13-26(14-12-21)17-19-7-3-1-4-8-19/h1-10,16,18,21H,11-15,17H2,(H,25,28). The lowest BCUT2D eigenvalue weighted by atomic mass is 10.0. The number of para-hydroxylation sites is 1. The molecule has 0 unspecified atom stereocenters. The molecule has 1 fully saturated rings. The molecule has 4 rings (SSSR count). The van der Waals surface area contributed by atoms with Crippen molar-refractivity contribution < 1.29 is 4.79 Å². The van der Waals surface area contributed by atoms with E-state index in [4.69, 9.17) is 0 Å². The molecule has 1 N–H and O–H groups in total. The van der Waals surface area contributed by atoms with Gasteiger partial charge in [-0.2, -0.15) is 5.10 Å². The van der Waals surface area contributed by atoms with E-state index in [1.54, 1.807) is 6.20 Å². The van der Waals surface area contributed by atoms with Gasteiger partial charge in [0.25, 0.3) is 0 Å². The SMILES string of the molecule is O=C(Cc1cnn(-c2ccccc2)c1)NC1CCN(Cc2ccccc2)CC1. The van der Waals surface area contributed by atoms with Crippen LogP contribution in [0.1, 0.15) is 24.0 Å². The third kappa shape index (κ3) is 4.87. The molecule has 144 valence electrons. The van der Waals surface area contributed by atoms with Crippen molar-refractivity contribution in [1.82, 2.24) is 20.0 Å². The van der Waals surface area contributed by atoms with Gasteiger partial charge in [0.15, 0.2) is 0 Å². The van der Waals surface area contributed by atoms with Gasteiger partial charge in [-0.25, -0.2) is 4.68 Å². The summed E-state index contributed by atoms with van der Waals surface area (Å²) in [4.78, 5) is 14.9. The molecule has 5 nitrogen and oxygen atoms in total. The largest absolute Gasteiger partial charge is 0.353 e. The lowest BCUT2D eigenvalue weighted by Crippen LogP contribution is -2.44. The van der Waals surface area contributed by atoms with E-state index in [-0.39, 0.29) is 11.9 Å². The maximum absolute atomic E-state index is 12.4. The van der Waals surface area contributed by atoms with E-state index in [0.29, 0.717) is 6.42 Å². The second-order valence-corrected chi connectivity index (χ2v) is 7.41. The molecule has 1 aliphatic rings. The molecule has 1 saturated heterocycles. The first-order chi connectivity index (χ1) is 13.8. The first kappa shape index (κ1) is 18.4. The zero-order chi connectivity index (χ0) is 19.2. The molecule has 0 spiro atoms. The Balaban J connectivity index is 1.23. The first-order valence-corrected chi connectivity index (χ1v) is 9.91. The Morgan fingerprint density at radius 2 is 1.64 bits per heavy atom. The molecule has 2 aromatic carbocycles. The van der Waals surface area contributed by atoms with Gasteiger partial charge >= 0.3 is 0 Å². The third-order valence-electron chi connectivity index (χ3n) is 5.22. The van der Waals surface area contributed by atoms with Crippen LogP contribution < -0.4 is 5.32 Å². The smallest absolute Gasteiger partial charge is 0.224 e. The summed E-state index contributed by atoms with van der Waals surface area (Å²) in [6.45, 7) is 3.03. The summed E-state index contributed by atoms with van der Waals surface area (Å²) in [5.74, 6) is 0.0779. The van der Waals surface area contributed by atoms with Crippen molar-refractivity contribution >= 4 is 5.91 Å². The second kappa shape index (κ2) is 8.85. The highest BCUT2D eigenvalue weighted by atomic mass is 16.1. The molecule has 0 atom stereocenters. The van der Waals surface area contributed by atoms with Crippen LogP contribution in [0.25, 0.3) is 5.69 Å². The fourth-order valence-electron chi connectivity index (χ4n) is 3.71. The topological polar surface area (TPSA) is 50.2 Å². The highest BCUT2D eigenvalue weighted by Crippen LogP contribution is 2.14. The van der Waals surface area contributed by atoms with Crippen LogP contribution >= 0.6 is 0 Å². The van der Waals surface area contributed by atoms with Crippen LogP contribution in [0.15, 0.2) is 73.1 Å². The summed E-state index contributed by atoms with van der Waals surface area (Å²) >= 11 is 0. The van der Waals surface area contributed by atoms with Crippen LogP contribution in [-0.2, 0) is 17.8 Å². The zero-order valence-corrected chi connectivity index (χ0v) is 16.0. The minimum atomic E-state index is 0.0779. The summed E-state index contributed by atoms with van der Waals surface area (Å²) in [7, 11) is 0. The number of likely N-dealkylation sites (tertiary alicyclic amines) is 1. The van der Waals surface area contributed by atoms with Gasteiger partial charge in [0.2, 0.25) is 5.91 Å². The number of nitrogens with zero attached hydrogens (tertiary/aromatic N) is 3. The first-order valence-electron chi connectivity index (χ1n) is 9.91. The molecular weight excluding hydrogens is 348 g/mol. The maximum Gasteiger partial charge on any atom is 0.224 e. The van der Waals surface area contributed by atoms with Gasteiger partial charge in [-0.1, -0.05) is 48.5 Å². The fourth-order valence-corrected chi connectivity index (χ4v) is 3.71. The number of piperidine rings is 1. The summed E-state index contributed by atoms with van der Waals surface area (Å²) in [5, 5.41) is 7.56. The van der Waals surface area contributed by atoms with E-state index >= 15 is 0 Å². The Hall–Kier alpha value is -2.92. The average Bonchev–Trinajstić information content (AvgIpc) is 3.19. The zero-order valence-electron chi connectivity index (χ0n) is 16.0. The number of hydrogen-bond acceptors (Lipinski definition) is 3. The van der Waals surface area contributed by atoms with E-state index in [2.05, 4.69) is 45.6 Å². The molecule has 0 radical (unpaired) electrons. The summed E-state index contributed by atoms with van der Waals surface area (Å²) < 4.78 is 1.81. The Morgan fingerprint density at radius 3 is 2.36 bits per heavy atom. The van der Waals surface area contributed by atoms with Crippen molar-refractivity contribution in [2.24, 2.45) is 0 Å². The third-order valence-corrected chi connectivity index (χ3v) is 5.22. The number of aromatic nitrogens is 2. The normalized spacial score (nSPS) is 15.4. The summed E-state index contributed by atoms with van der Waals surface area (Å²) in [6, 6.07) is 20.8. The fraction of sp³-hybridized carbons (Fsp3) is 0.304. The molecule has 0 saturated carbocycles. The molecule has 28 heavy (non-hydrogen) atoms. The highest BCUT2D eigenvalue weighted by molar-refractivity contribution is 5.78. The Labute approximate surface area is 166 Å². The van der Waals surface area contributed by atoms with E-state index in [1.807, 2.05) is 41.2 Å². The predicted molar refractivity (Wildman–Crippen MR) is 110 cm³/mol. The van der Waals surface area contributed by atoms with Crippen molar-refractivity contribution in [3.63, 3.8) is 0 Å². The van der Waals surface area contributed by atoms with Crippen molar-refractivity contribution in [2.45, 2.75) is 31.8 Å². The van der Waals surface area contributed by atoms with Gasteiger partial charge in [0.05, 0.1) is 18.3 Å².